The molecule has 10 heteroatoms. The Hall–Kier alpha value is -4.21. The molecule has 35 heavy (non-hydrogen) atoms. The third-order valence-electron chi connectivity index (χ3n) is 5.07. The molecule has 5 amide bonds. The summed E-state index contributed by atoms with van der Waals surface area (Å²) in [5.41, 5.74) is 1.02. The maximum absolute atomic E-state index is 12.8. The van der Waals surface area contributed by atoms with Gasteiger partial charge < -0.3 is 20.7 Å². The van der Waals surface area contributed by atoms with Crippen LogP contribution in [0, 0.1) is 0 Å². The van der Waals surface area contributed by atoms with Gasteiger partial charge >= 0.3 is 6.09 Å². The molecule has 1 atom stereocenters. The van der Waals surface area contributed by atoms with Crippen molar-refractivity contribution in [1.29, 1.82) is 0 Å². The van der Waals surface area contributed by atoms with Gasteiger partial charge in [-0.25, -0.2) is 4.79 Å². The Morgan fingerprint density at radius 1 is 0.943 bits per heavy atom. The molecule has 3 N–H and O–H groups in total. The monoisotopic (exact) mass is 480 g/mol. The fraction of sp³-hybridized carbons (Fsp3) is 0.320. The second-order valence-corrected chi connectivity index (χ2v) is 9.02. The highest BCUT2D eigenvalue weighted by atomic mass is 16.6. The quantitative estimate of drug-likeness (QED) is 0.521. The number of nitrogens with one attached hydrogen (secondary N) is 3. The topological polar surface area (TPSA) is 134 Å². The number of imide groups is 1. The molecule has 0 saturated carbocycles. The summed E-state index contributed by atoms with van der Waals surface area (Å²) in [6.07, 6.45) is -0.690. The SMILES string of the molecule is CC(C(=O)Nc1cccc(CNC(=O)CNC(=O)OC(C)(C)C)c1)N1C(=O)c2ccccc2C1=O. The maximum Gasteiger partial charge on any atom is 0.408 e. The van der Waals surface area contributed by atoms with E-state index in [0.717, 1.165) is 4.90 Å². The van der Waals surface area contributed by atoms with E-state index in [1.807, 2.05) is 0 Å². The van der Waals surface area contributed by atoms with Gasteiger partial charge in [0.2, 0.25) is 11.8 Å². The molecule has 0 saturated heterocycles. The Kier molecular flexibility index (Phi) is 7.53. The van der Waals surface area contributed by atoms with Crippen molar-refractivity contribution in [2.45, 2.75) is 45.9 Å². The molecule has 1 aliphatic heterocycles. The van der Waals surface area contributed by atoms with Crippen LogP contribution in [0.3, 0.4) is 0 Å². The number of benzene rings is 2. The predicted molar refractivity (Wildman–Crippen MR) is 128 cm³/mol. The Balaban J connectivity index is 1.53. The molecule has 1 aliphatic rings. The summed E-state index contributed by atoms with van der Waals surface area (Å²) < 4.78 is 5.08. The van der Waals surface area contributed by atoms with Gasteiger partial charge in [0.1, 0.15) is 18.2 Å². The fourth-order valence-corrected chi connectivity index (χ4v) is 3.41. The molecule has 0 aliphatic carbocycles. The number of rotatable bonds is 7. The lowest BCUT2D eigenvalue weighted by atomic mass is 10.1. The first-order valence-electron chi connectivity index (χ1n) is 11.1. The molecule has 2 aromatic rings. The second-order valence-electron chi connectivity index (χ2n) is 9.02. The molecule has 3 rings (SSSR count). The fourth-order valence-electron chi connectivity index (χ4n) is 3.41. The van der Waals surface area contributed by atoms with Gasteiger partial charge in [0.05, 0.1) is 11.1 Å². The average Bonchev–Trinajstić information content (AvgIpc) is 3.05. The Morgan fingerprint density at radius 2 is 1.57 bits per heavy atom. The smallest absolute Gasteiger partial charge is 0.408 e. The van der Waals surface area contributed by atoms with Gasteiger partial charge in [-0.15, -0.1) is 0 Å². The first-order chi connectivity index (χ1) is 16.5. The number of carbonyl (C=O) groups excluding carboxylic acids is 5. The minimum atomic E-state index is -1.02. The predicted octanol–water partition coefficient (Wildman–Crippen LogP) is 2.45. The zero-order valence-corrected chi connectivity index (χ0v) is 20.0. The summed E-state index contributed by atoms with van der Waals surface area (Å²) in [6.45, 7) is 6.56. The number of amides is 5. The van der Waals surface area contributed by atoms with Crippen molar-refractivity contribution >= 4 is 35.4 Å². The third-order valence-corrected chi connectivity index (χ3v) is 5.07. The molecule has 0 spiro atoms. The van der Waals surface area contributed by atoms with Crippen LogP contribution in [0.5, 0.6) is 0 Å². The number of hydrogen-bond acceptors (Lipinski definition) is 6. The van der Waals surface area contributed by atoms with Crippen molar-refractivity contribution in [1.82, 2.24) is 15.5 Å². The molecule has 10 nitrogen and oxygen atoms in total. The lowest BCUT2D eigenvalue weighted by molar-refractivity contribution is -0.120. The van der Waals surface area contributed by atoms with Gasteiger partial charge in [0.15, 0.2) is 0 Å². The van der Waals surface area contributed by atoms with E-state index in [0.29, 0.717) is 11.3 Å². The molecule has 1 unspecified atom stereocenters. The molecule has 0 fully saturated rings. The van der Waals surface area contributed by atoms with E-state index < -0.39 is 41.4 Å². The lowest BCUT2D eigenvalue weighted by Crippen LogP contribution is -2.45. The van der Waals surface area contributed by atoms with E-state index in [1.165, 1.54) is 6.92 Å². The minimum absolute atomic E-state index is 0.159. The molecule has 184 valence electrons. The number of nitrogens with zero attached hydrogens (tertiary/aromatic N) is 1. The van der Waals surface area contributed by atoms with Crippen molar-refractivity contribution in [3.05, 3.63) is 65.2 Å². The summed E-state index contributed by atoms with van der Waals surface area (Å²) in [7, 11) is 0. The number of ether oxygens (including phenoxy) is 1. The van der Waals surface area contributed by atoms with Crippen LogP contribution in [-0.2, 0) is 20.9 Å². The highest BCUT2D eigenvalue weighted by molar-refractivity contribution is 6.23. The zero-order chi connectivity index (χ0) is 25.8. The zero-order valence-electron chi connectivity index (χ0n) is 20.0. The van der Waals surface area contributed by atoms with E-state index in [2.05, 4.69) is 16.0 Å². The molecule has 0 bridgehead atoms. The van der Waals surface area contributed by atoms with Crippen molar-refractivity contribution in [3.63, 3.8) is 0 Å². The molecule has 1 heterocycles. The van der Waals surface area contributed by atoms with E-state index in [4.69, 9.17) is 4.74 Å². The number of anilines is 1. The Morgan fingerprint density at radius 3 is 2.17 bits per heavy atom. The highest BCUT2D eigenvalue weighted by Gasteiger charge is 2.40. The van der Waals surface area contributed by atoms with Crippen LogP contribution in [-0.4, -0.2) is 52.8 Å². The van der Waals surface area contributed by atoms with Crippen LogP contribution < -0.4 is 16.0 Å². The molecular weight excluding hydrogens is 452 g/mol. The summed E-state index contributed by atoms with van der Waals surface area (Å²) in [5.74, 6) is -1.96. The summed E-state index contributed by atoms with van der Waals surface area (Å²) in [5, 5.41) is 7.75. The van der Waals surface area contributed by atoms with Crippen LogP contribution in [0.25, 0.3) is 0 Å². The van der Waals surface area contributed by atoms with E-state index in [9.17, 15) is 24.0 Å². The van der Waals surface area contributed by atoms with E-state index in [1.54, 1.807) is 69.3 Å². The second kappa shape index (κ2) is 10.4. The first-order valence-corrected chi connectivity index (χ1v) is 11.1. The Labute approximate surface area is 203 Å². The summed E-state index contributed by atoms with van der Waals surface area (Å²) >= 11 is 0. The number of alkyl carbamates (subject to hydrolysis) is 1. The largest absolute Gasteiger partial charge is 0.444 e. The van der Waals surface area contributed by atoms with Crippen LogP contribution >= 0.6 is 0 Å². The third kappa shape index (κ3) is 6.44. The normalized spacial score (nSPS) is 13.7. The Bertz CT molecular complexity index is 1140. The molecule has 2 aromatic carbocycles. The average molecular weight is 481 g/mol. The van der Waals surface area contributed by atoms with Crippen molar-refractivity contribution < 1.29 is 28.7 Å². The summed E-state index contributed by atoms with van der Waals surface area (Å²) in [6, 6.07) is 12.2. The van der Waals surface area contributed by atoms with Crippen LogP contribution in [0.1, 0.15) is 54.0 Å². The van der Waals surface area contributed by atoms with E-state index in [-0.39, 0.29) is 24.2 Å². The summed E-state index contributed by atoms with van der Waals surface area (Å²) in [4.78, 5) is 62.6. The number of hydrogen-bond donors (Lipinski definition) is 3. The molecule has 0 radical (unpaired) electrons. The van der Waals surface area contributed by atoms with Crippen molar-refractivity contribution in [3.8, 4) is 0 Å². The minimum Gasteiger partial charge on any atom is -0.444 e. The molecule has 0 aromatic heterocycles. The van der Waals surface area contributed by atoms with E-state index >= 15 is 0 Å². The van der Waals surface area contributed by atoms with Gasteiger partial charge in [0.25, 0.3) is 11.8 Å². The maximum atomic E-state index is 12.8. The number of fused-ring (bicyclic) bond motifs is 1. The van der Waals surface area contributed by atoms with Gasteiger partial charge in [-0.3, -0.25) is 24.1 Å². The van der Waals surface area contributed by atoms with Crippen molar-refractivity contribution in [2.24, 2.45) is 0 Å². The lowest BCUT2D eigenvalue weighted by Gasteiger charge is -2.22. The molecular formula is C25H28N4O6. The van der Waals surface area contributed by atoms with Crippen LogP contribution in [0.2, 0.25) is 0 Å². The van der Waals surface area contributed by atoms with Crippen LogP contribution in [0.4, 0.5) is 10.5 Å². The standard InChI is InChI=1S/C25H28N4O6/c1-15(29-22(32)18-10-5-6-11-19(18)23(29)33)21(31)28-17-9-7-8-16(12-17)13-26-20(30)14-27-24(34)35-25(2,3)4/h5-12,15H,13-14H2,1-4H3,(H,26,30)(H,27,34)(H,28,31). The van der Waals surface area contributed by atoms with Gasteiger partial charge in [0, 0.05) is 12.2 Å². The van der Waals surface area contributed by atoms with Crippen molar-refractivity contribution in [2.75, 3.05) is 11.9 Å². The van der Waals surface area contributed by atoms with Gasteiger partial charge in [-0.1, -0.05) is 24.3 Å². The highest BCUT2D eigenvalue weighted by Crippen LogP contribution is 2.25. The first kappa shape index (κ1) is 25.4. The van der Waals surface area contributed by atoms with Gasteiger partial charge in [-0.05, 0) is 57.5 Å². The number of carbonyl (C=O) groups is 5. The van der Waals surface area contributed by atoms with Crippen LogP contribution in [0.15, 0.2) is 48.5 Å². The van der Waals surface area contributed by atoms with Gasteiger partial charge in [-0.2, -0.15) is 0 Å².